The van der Waals surface area contributed by atoms with Crippen molar-refractivity contribution >= 4 is 32.5 Å². The lowest BCUT2D eigenvalue weighted by molar-refractivity contribution is 0.406. The van der Waals surface area contributed by atoms with Gasteiger partial charge in [0.1, 0.15) is 5.65 Å². The van der Waals surface area contributed by atoms with Crippen molar-refractivity contribution in [2.24, 2.45) is 0 Å². The van der Waals surface area contributed by atoms with E-state index in [-0.39, 0.29) is 0 Å². The third-order valence-corrected chi connectivity index (χ3v) is 4.33. The summed E-state index contributed by atoms with van der Waals surface area (Å²) in [5, 5.41) is 0.768. The number of pyridine rings is 1. The number of rotatable bonds is 2. The van der Waals surface area contributed by atoms with Gasteiger partial charge in [0.2, 0.25) is 0 Å². The molecule has 3 aromatic heterocycles. The maximum absolute atomic E-state index is 12.4. The molecule has 0 aliphatic rings. The third-order valence-electron chi connectivity index (χ3n) is 3.87. The van der Waals surface area contributed by atoms with Crippen molar-refractivity contribution in [3.63, 3.8) is 0 Å². The average Bonchev–Trinajstić information content (AvgIpc) is 2.96. The van der Waals surface area contributed by atoms with E-state index in [1.165, 1.54) is 0 Å². The predicted octanol–water partition coefficient (Wildman–Crippen LogP) is 4.19. The van der Waals surface area contributed by atoms with Gasteiger partial charge in [-0.1, -0.05) is 15.9 Å². The molecule has 0 saturated heterocycles. The second kappa shape index (κ2) is 5.49. The fourth-order valence-electron chi connectivity index (χ4n) is 2.71. The van der Waals surface area contributed by atoms with Crippen LogP contribution in [0.2, 0.25) is 0 Å². The summed E-state index contributed by atoms with van der Waals surface area (Å²) in [4.78, 5) is 17.0. The highest BCUT2D eigenvalue weighted by molar-refractivity contribution is 9.10. The number of ether oxygens (including phenoxy) is 1. The minimum Gasteiger partial charge on any atom is -0.493 e. The molecule has 0 fully saturated rings. The minimum atomic E-state index is -0.441. The van der Waals surface area contributed by atoms with Gasteiger partial charge in [0.15, 0.2) is 11.3 Å². The maximum atomic E-state index is 12.4. The number of imidazole rings is 1. The molecule has 24 heavy (non-hydrogen) atoms. The minimum absolute atomic E-state index is 0.420. The number of nitrogens with zero attached hydrogens (tertiary/aromatic N) is 2. The van der Waals surface area contributed by atoms with Crippen molar-refractivity contribution in [2.75, 3.05) is 7.11 Å². The summed E-state index contributed by atoms with van der Waals surface area (Å²) in [6.07, 6.45) is 3.74. The first-order valence-corrected chi connectivity index (χ1v) is 8.11. The number of aryl methyl sites for hydroxylation is 1. The van der Waals surface area contributed by atoms with Crippen LogP contribution in [0.5, 0.6) is 5.75 Å². The van der Waals surface area contributed by atoms with Crippen molar-refractivity contribution in [1.82, 2.24) is 9.38 Å². The Bertz CT molecular complexity index is 1140. The average molecular weight is 385 g/mol. The zero-order chi connectivity index (χ0) is 16.8. The highest BCUT2D eigenvalue weighted by Gasteiger charge is 2.14. The zero-order valence-electron chi connectivity index (χ0n) is 13.0. The van der Waals surface area contributed by atoms with E-state index < -0.39 is 5.63 Å². The number of methoxy groups -OCH3 is 1. The van der Waals surface area contributed by atoms with Crippen LogP contribution in [0.15, 0.2) is 56.4 Å². The largest absolute Gasteiger partial charge is 0.493 e. The summed E-state index contributed by atoms with van der Waals surface area (Å²) in [6, 6.07) is 9.38. The molecule has 1 aromatic carbocycles. The Morgan fingerprint density at radius 1 is 1.25 bits per heavy atom. The Morgan fingerprint density at radius 3 is 2.88 bits per heavy atom. The molecule has 4 rings (SSSR count). The second-order valence-electron chi connectivity index (χ2n) is 5.57. The van der Waals surface area contributed by atoms with Gasteiger partial charge < -0.3 is 13.6 Å². The molecule has 6 heteroatoms. The quantitative estimate of drug-likeness (QED) is 0.486. The van der Waals surface area contributed by atoms with Crippen LogP contribution >= 0.6 is 15.9 Å². The van der Waals surface area contributed by atoms with Gasteiger partial charge in [0.05, 0.1) is 18.4 Å². The Morgan fingerprint density at radius 2 is 2.08 bits per heavy atom. The van der Waals surface area contributed by atoms with Gasteiger partial charge in [0, 0.05) is 22.3 Å². The summed E-state index contributed by atoms with van der Waals surface area (Å²) in [5.41, 5.74) is 2.88. The van der Waals surface area contributed by atoms with Gasteiger partial charge in [-0.15, -0.1) is 0 Å². The van der Waals surface area contributed by atoms with Crippen molar-refractivity contribution in [2.45, 2.75) is 6.92 Å². The Balaban J connectivity index is 1.98. The van der Waals surface area contributed by atoms with Gasteiger partial charge in [-0.05, 0) is 42.8 Å². The Labute approximate surface area is 145 Å². The number of hydrogen-bond acceptors (Lipinski definition) is 4. The molecule has 0 N–H and O–H groups in total. The van der Waals surface area contributed by atoms with Crippen molar-refractivity contribution in [1.29, 1.82) is 0 Å². The molecule has 0 unspecified atom stereocenters. The van der Waals surface area contributed by atoms with Crippen LogP contribution in [0, 0.1) is 6.92 Å². The first-order valence-electron chi connectivity index (χ1n) is 7.32. The maximum Gasteiger partial charge on any atom is 0.345 e. The van der Waals surface area contributed by atoms with E-state index >= 15 is 0 Å². The highest BCUT2D eigenvalue weighted by Crippen LogP contribution is 2.31. The molecule has 120 valence electrons. The number of fused-ring (bicyclic) bond motifs is 2. The molecule has 3 heterocycles. The Hall–Kier alpha value is -2.60. The normalized spacial score (nSPS) is 11.3. The monoisotopic (exact) mass is 384 g/mol. The van der Waals surface area contributed by atoms with Crippen LogP contribution in [0.4, 0.5) is 0 Å². The molecule has 0 amide bonds. The first-order chi connectivity index (χ1) is 11.5. The van der Waals surface area contributed by atoms with Gasteiger partial charge in [-0.3, -0.25) is 0 Å². The summed E-state index contributed by atoms with van der Waals surface area (Å²) >= 11 is 3.44. The van der Waals surface area contributed by atoms with Gasteiger partial charge >= 0.3 is 5.63 Å². The van der Waals surface area contributed by atoms with E-state index in [2.05, 4.69) is 20.9 Å². The smallest absolute Gasteiger partial charge is 0.345 e. The van der Waals surface area contributed by atoms with Crippen LogP contribution in [0.25, 0.3) is 27.9 Å². The lowest BCUT2D eigenvalue weighted by atomic mass is 10.1. The van der Waals surface area contributed by atoms with E-state index in [1.807, 2.05) is 41.9 Å². The predicted molar refractivity (Wildman–Crippen MR) is 95.7 cm³/mol. The number of hydrogen-bond donors (Lipinski definition) is 0. The molecule has 0 atom stereocenters. The fraction of sp³-hybridized carbons (Fsp3) is 0.111. The fourth-order valence-corrected chi connectivity index (χ4v) is 3.17. The second-order valence-corrected chi connectivity index (χ2v) is 6.49. The number of benzene rings is 1. The van der Waals surface area contributed by atoms with Crippen LogP contribution in [-0.4, -0.2) is 16.5 Å². The number of halogens is 1. The van der Waals surface area contributed by atoms with E-state index in [0.29, 0.717) is 22.6 Å². The summed E-state index contributed by atoms with van der Waals surface area (Å²) in [6.45, 7) is 2.00. The third kappa shape index (κ3) is 2.39. The van der Waals surface area contributed by atoms with E-state index in [0.717, 1.165) is 21.1 Å². The first kappa shape index (κ1) is 15.0. The SMILES string of the molecule is COc1cc(Br)cc2cc(-c3cn4ccc(C)cc4n3)c(=O)oc12. The molecule has 0 spiro atoms. The van der Waals surface area contributed by atoms with Crippen molar-refractivity contribution in [3.8, 4) is 17.0 Å². The van der Waals surface area contributed by atoms with E-state index in [9.17, 15) is 4.79 Å². The summed E-state index contributed by atoms with van der Waals surface area (Å²) in [5.74, 6) is 0.508. The standard InChI is InChI=1S/C18H13BrN2O3/c1-10-3-4-21-9-14(20-16(21)5-10)13-7-11-6-12(19)8-15(23-2)17(11)24-18(13)22/h3-9H,1-2H3. The van der Waals surface area contributed by atoms with Gasteiger partial charge in [-0.25, -0.2) is 9.78 Å². The van der Waals surface area contributed by atoms with Gasteiger partial charge in [0.25, 0.3) is 0 Å². The summed E-state index contributed by atoms with van der Waals surface area (Å²) < 4.78 is 13.5. The lowest BCUT2D eigenvalue weighted by Gasteiger charge is -2.06. The topological polar surface area (TPSA) is 56.7 Å². The lowest BCUT2D eigenvalue weighted by Crippen LogP contribution is -2.03. The van der Waals surface area contributed by atoms with Crippen molar-refractivity contribution in [3.05, 3.63) is 63.2 Å². The van der Waals surface area contributed by atoms with Crippen LogP contribution in [0.3, 0.4) is 0 Å². The van der Waals surface area contributed by atoms with Gasteiger partial charge in [-0.2, -0.15) is 0 Å². The van der Waals surface area contributed by atoms with E-state index in [1.54, 1.807) is 19.2 Å². The molecule has 4 aromatic rings. The molecule has 0 bridgehead atoms. The van der Waals surface area contributed by atoms with E-state index in [4.69, 9.17) is 9.15 Å². The zero-order valence-corrected chi connectivity index (χ0v) is 14.6. The molecule has 0 saturated carbocycles. The van der Waals surface area contributed by atoms with Crippen LogP contribution in [0.1, 0.15) is 5.56 Å². The molecular formula is C18H13BrN2O3. The molecule has 5 nitrogen and oxygen atoms in total. The van der Waals surface area contributed by atoms with Crippen LogP contribution < -0.4 is 10.4 Å². The molecule has 0 aliphatic heterocycles. The number of aromatic nitrogens is 2. The molecule has 0 aliphatic carbocycles. The van der Waals surface area contributed by atoms with Crippen molar-refractivity contribution < 1.29 is 9.15 Å². The highest BCUT2D eigenvalue weighted by atomic mass is 79.9. The Kier molecular flexibility index (Phi) is 3.42. The summed E-state index contributed by atoms with van der Waals surface area (Å²) in [7, 11) is 1.54. The molecule has 0 radical (unpaired) electrons. The molecular weight excluding hydrogens is 372 g/mol. The van der Waals surface area contributed by atoms with Crippen LogP contribution in [-0.2, 0) is 0 Å².